The van der Waals surface area contributed by atoms with Crippen LogP contribution in [0.5, 0.6) is 0 Å². The van der Waals surface area contributed by atoms with Crippen LogP contribution in [-0.2, 0) is 11.3 Å². The molecule has 29 heavy (non-hydrogen) atoms. The molecule has 1 fully saturated rings. The summed E-state index contributed by atoms with van der Waals surface area (Å²) in [4.78, 5) is 28.2. The summed E-state index contributed by atoms with van der Waals surface area (Å²) in [5, 5.41) is 0. The van der Waals surface area contributed by atoms with Crippen molar-refractivity contribution in [1.29, 1.82) is 0 Å². The van der Waals surface area contributed by atoms with Crippen LogP contribution >= 0.6 is 26.5 Å². The lowest BCUT2D eigenvalue weighted by atomic mass is 10.1. The summed E-state index contributed by atoms with van der Waals surface area (Å²) in [6, 6.07) is 14.2. The summed E-state index contributed by atoms with van der Waals surface area (Å²) in [6.45, 7) is 0.906. The molecule has 2 N–H and O–H groups in total. The van der Waals surface area contributed by atoms with Gasteiger partial charge in [-0.2, -0.15) is 10.6 Å². The quantitative estimate of drug-likeness (QED) is 0.629. The minimum absolute atomic E-state index is 0.193. The molecule has 1 saturated heterocycles. The van der Waals surface area contributed by atoms with Crippen LogP contribution in [0.2, 0.25) is 0 Å². The highest BCUT2D eigenvalue weighted by molar-refractivity contribution is 9.10. The summed E-state index contributed by atoms with van der Waals surface area (Å²) in [5.74, 6) is -0.0265. The second-order valence-electron chi connectivity index (χ2n) is 6.73. The van der Waals surface area contributed by atoms with Crippen LogP contribution in [0.4, 0.5) is 10.5 Å². The third-order valence-corrected chi connectivity index (χ3v) is 6.88. The predicted octanol–water partition coefficient (Wildman–Crippen LogP) is 4.43. The van der Waals surface area contributed by atoms with Crippen molar-refractivity contribution >= 4 is 44.2 Å². The van der Waals surface area contributed by atoms with Gasteiger partial charge in [0.15, 0.2) is 0 Å². The number of hydrogen-bond acceptors (Lipinski definition) is 5. The van der Waals surface area contributed by atoms with Crippen molar-refractivity contribution in [2.75, 3.05) is 36.6 Å². The highest BCUT2D eigenvalue weighted by Crippen LogP contribution is 2.40. The van der Waals surface area contributed by atoms with Crippen LogP contribution in [0.15, 0.2) is 53.0 Å². The molecule has 0 spiro atoms. The highest BCUT2D eigenvalue weighted by Gasteiger charge is 2.29. The Balaban J connectivity index is 1.84. The molecule has 0 radical (unpaired) electrons. The fraction of sp³-hybridized carbons (Fsp3) is 0.300. The molecular weight excluding hydrogens is 460 g/mol. The second-order valence-corrected chi connectivity index (χ2v) is 10.1. The van der Waals surface area contributed by atoms with Crippen molar-refractivity contribution in [2.24, 2.45) is 0 Å². The molecule has 0 saturated carbocycles. The standard InChI is InChI=1S/C20H23BrN2O5S/c1-28-19(24)16-7-5-15(6-8-16)14-23(18-4-2-3-17(21)13-18)20(25)22-9-11-29(26,27)12-10-22/h2-8,13,26-27H,9-12,14H2,1H3. The minimum atomic E-state index is -2.58. The van der Waals surface area contributed by atoms with Gasteiger partial charge >= 0.3 is 12.0 Å². The van der Waals surface area contributed by atoms with Crippen LogP contribution in [0.1, 0.15) is 15.9 Å². The number of halogens is 1. The van der Waals surface area contributed by atoms with E-state index in [2.05, 4.69) is 15.9 Å². The number of nitrogens with zero attached hydrogens (tertiary/aromatic N) is 2. The van der Waals surface area contributed by atoms with Crippen molar-refractivity contribution in [3.8, 4) is 0 Å². The number of urea groups is 1. The number of benzene rings is 2. The number of anilines is 1. The summed E-state index contributed by atoms with van der Waals surface area (Å²) < 4.78 is 25.2. The molecule has 156 valence electrons. The first kappa shape index (κ1) is 21.6. The molecule has 9 heteroatoms. The number of amides is 2. The third-order valence-electron chi connectivity index (χ3n) is 4.71. The molecular formula is C20H23BrN2O5S. The van der Waals surface area contributed by atoms with Gasteiger partial charge in [0.05, 0.1) is 30.7 Å². The maximum absolute atomic E-state index is 13.3. The monoisotopic (exact) mass is 482 g/mol. The van der Waals surface area contributed by atoms with E-state index in [1.54, 1.807) is 34.1 Å². The number of esters is 1. The highest BCUT2D eigenvalue weighted by atomic mass is 79.9. The van der Waals surface area contributed by atoms with E-state index >= 15 is 0 Å². The summed E-state index contributed by atoms with van der Waals surface area (Å²) in [7, 11) is -1.25. The van der Waals surface area contributed by atoms with Crippen molar-refractivity contribution in [2.45, 2.75) is 6.54 Å². The van der Waals surface area contributed by atoms with E-state index in [1.165, 1.54) is 7.11 Å². The van der Waals surface area contributed by atoms with Gasteiger partial charge in [-0.25, -0.2) is 9.59 Å². The number of methoxy groups -OCH3 is 1. The van der Waals surface area contributed by atoms with E-state index < -0.39 is 16.6 Å². The lowest BCUT2D eigenvalue weighted by Crippen LogP contribution is -2.48. The van der Waals surface area contributed by atoms with Gasteiger partial charge in [0.2, 0.25) is 0 Å². The first-order valence-electron chi connectivity index (χ1n) is 9.02. The Hall–Kier alpha value is -2.07. The van der Waals surface area contributed by atoms with Gasteiger partial charge < -0.3 is 9.64 Å². The van der Waals surface area contributed by atoms with Crippen molar-refractivity contribution in [3.63, 3.8) is 0 Å². The Labute approximate surface area is 179 Å². The van der Waals surface area contributed by atoms with Gasteiger partial charge in [-0.1, -0.05) is 34.1 Å². The van der Waals surface area contributed by atoms with E-state index in [0.29, 0.717) is 25.2 Å². The van der Waals surface area contributed by atoms with Gasteiger partial charge in [0.1, 0.15) is 0 Å². The molecule has 1 aliphatic heterocycles. The van der Waals surface area contributed by atoms with E-state index in [0.717, 1.165) is 15.7 Å². The molecule has 2 amide bonds. The second kappa shape index (κ2) is 9.17. The fourth-order valence-corrected chi connectivity index (χ4v) is 4.67. The van der Waals surface area contributed by atoms with E-state index in [4.69, 9.17) is 4.74 Å². The van der Waals surface area contributed by atoms with Crippen molar-refractivity contribution < 1.29 is 23.4 Å². The first-order chi connectivity index (χ1) is 13.8. The normalized spacial score (nSPS) is 16.8. The largest absolute Gasteiger partial charge is 0.465 e. The molecule has 0 atom stereocenters. The van der Waals surface area contributed by atoms with Crippen LogP contribution in [0.3, 0.4) is 0 Å². The number of rotatable bonds is 4. The van der Waals surface area contributed by atoms with Gasteiger partial charge in [-0.15, -0.1) is 0 Å². The summed E-state index contributed by atoms with van der Waals surface area (Å²) >= 11 is 3.44. The average molecular weight is 483 g/mol. The van der Waals surface area contributed by atoms with Crippen molar-refractivity contribution in [1.82, 2.24) is 4.90 Å². The Bertz CT molecular complexity index is 881. The zero-order chi connectivity index (χ0) is 21.0. The topological polar surface area (TPSA) is 90.3 Å². The molecule has 2 aromatic carbocycles. The molecule has 7 nitrogen and oxygen atoms in total. The lowest BCUT2D eigenvalue weighted by molar-refractivity contribution is 0.0600. The van der Waals surface area contributed by atoms with Crippen LogP contribution < -0.4 is 4.90 Å². The molecule has 1 heterocycles. The fourth-order valence-electron chi connectivity index (χ4n) is 3.05. The maximum Gasteiger partial charge on any atom is 0.337 e. The SMILES string of the molecule is COC(=O)c1ccc(CN(C(=O)N2CCS(O)(O)CC2)c2cccc(Br)c2)cc1. The van der Waals surface area contributed by atoms with Crippen LogP contribution in [0.25, 0.3) is 0 Å². The number of carbonyl (C=O) groups is 2. The van der Waals surface area contributed by atoms with E-state index in [-0.39, 0.29) is 17.5 Å². The zero-order valence-corrected chi connectivity index (χ0v) is 18.4. The lowest BCUT2D eigenvalue weighted by Gasteiger charge is -2.42. The third kappa shape index (κ3) is 5.51. The molecule has 0 aliphatic carbocycles. The summed E-state index contributed by atoms with van der Waals surface area (Å²) in [6.07, 6.45) is 0. The van der Waals surface area contributed by atoms with Gasteiger partial charge in [-0.3, -0.25) is 14.0 Å². The molecule has 2 aromatic rings. The average Bonchev–Trinajstić information content (AvgIpc) is 2.71. The molecule has 1 aliphatic rings. The number of hydrogen-bond donors (Lipinski definition) is 2. The smallest absolute Gasteiger partial charge is 0.337 e. The number of carbonyl (C=O) groups excluding carboxylic acids is 2. The maximum atomic E-state index is 13.3. The molecule has 0 bridgehead atoms. The van der Waals surface area contributed by atoms with Gasteiger partial charge in [0, 0.05) is 23.2 Å². The zero-order valence-electron chi connectivity index (χ0n) is 16.0. The van der Waals surface area contributed by atoms with E-state index in [1.807, 2.05) is 24.3 Å². The molecule has 0 aromatic heterocycles. The van der Waals surface area contributed by atoms with E-state index in [9.17, 15) is 18.7 Å². The Morgan fingerprint density at radius 2 is 1.79 bits per heavy atom. The number of ether oxygens (including phenoxy) is 1. The minimum Gasteiger partial charge on any atom is -0.465 e. The van der Waals surface area contributed by atoms with Gasteiger partial charge in [-0.05, 0) is 35.9 Å². The Kier molecular flexibility index (Phi) is 6.84. The Morgan fingerprint density at radius 3 is 2.38 bits per heavy atom. The molecule has 3 rings (SSSR count). The van der Waals surface area contributed by atoms with Crippen LogP contribution in [-0.4, -0.2) is 57.7 Å². The first-order valence-corrected chi connectivity index (χ1v) is 11.7. The predicted molar refractivity (Wildman–Crippen MR) is 118 cm³/mol. The van der Waals surface area contributed by atoms with Gasteiger partial charge in [0.25, 0.3) is 0 Å². The molecule has 0 unspecified atom stereocenters. The van der Waals surface area contributed by atoms with Crippen molar-refractivity contribution in [3.05, 3.63) is 64.1 Å². The summed E-state index contributed by atoms with van der Waals surface area (Å²) in [5.41, 5.74) is 2.02. The van der Waals surface area contributed by atoms with Crippen LogP contribution in [0, 0.1) is 0 Å². The Morgan fingerprint density at radius 1 is 1.14 bits per heavy atom.